The van der Waals surface area contributed by atoms with Gasteiger partial charge in [-0.1, -0.05) is 32.1 Å². The van der Waals surface area contributed by atoms with Gasteiger partial charge in [0.1, 0.15) is 0 Å². The normalized spacial score (nSPS) is 11.7. The van der Waals surface area contributed by atoms with Crippen LogP contribution in [0.5, 0.6) is 0 Å². The monoisotopic (exact) mass is 168 g/mol. The first-order chi connectivity index (χ1) is 5.70. The van der Waals surface area contributed by atoms with Crippen molar-refractivity contribution >= 4 is 0 Å². The van der Waals surface area contributed by atoms with E-state index in [9.17, 15) is 0 Å². The molecule has 0 saturated carbocycles. The molecule has 0 aromatic rings. The highest BCUT2D eigenvalue weighted by Gasteiger charge is 1.80. The lowest BCUT2D eigenvalue weighted by atomic mass is 10.2. The summed E-state index contributed by atoms with van der Waals surface area (Å²) in [6.45, 7) is 10.0. The molecule has 0 radical (unpaired) electrons. The van der Waals surface area contributed by atoms with Crippen molar-refractivity contribution in [1.29, 1.82) is 0 Å². The van der Waals surface area contributed by atoms with Crippen molar-refractivity contribution in [3.63, 3.8) is 0 Å². The van der Waals surface area contributed by atoms with Gasteiger partial charge < -0.3 is 11.5 Å². The Balaban J connectivity index is 0. The molecule has 0 unspecified atom stereocenters. The second kappa shape index (κ2) is 9.98. The minimum absolute atomic E-state index is 0.570. The maximum atomic E-state index is 5.43. The number of rotatable bonds is 3. The van der Waals surface area contributed by atoms with Crippen molar-refractivity contribution in [3.8, 4) is 0 Å². The Morgan fingerprint density at radius 3 is 2.17 bits per heavy atom. The fraction of sp³-hybridized carbons (Fsp3) is 0.400. The van der Waals surface area contributed by atoms with Gasteiger partial charge in [-0.25, -0.2) is 0 Å². The molecule has 0 spiro atoms. The molecular formula is C10H20N2. The molecule has 0 saturated heterocycles. The number of hydrogen-bond donors (Lipinski definition) is 2. The first-order valence-electron chi connectivity index (χ1n) is 4.16. The van der Waals surface area contributed by atoms with Crippen LogP contribution in [0.2, 0.25) is 0 Å². The quantitative estimate of drug-likeness (QED) is 0.633. The summed E-state index contributed by atoms with van der Waals surface area (Å²) in [5.74, 6) is 0. The van der Waals surface area contributed by atoms with E-state index in [4.69, 9.17) is 11.5 Å². The standard InChI is InChI=1S/C8H14N2.C2H6/c1-3-8(10)5-4-7(2)6-9;1-2/h3-5H,1,6,9-10H2,2H3;1-2H3/b7-4+,8-5+;. The largest absolute Gasteiger partial charge is 0.399 e. The van der Waals surface area contributed by atoms with Gasteiger partial charge in [0.15, 0.2) is 0 Å². The smallest absolute Gasteiger partial charge is 0.0308 e. The van der Waals surface area contributed by atoms with Gasteiger partial charge in [-0.05, 0) is 19.1 Å². The molecule has 0 heterocycles. The molecule has 0 aromatic carbocycles. The molecule has 4 N–H and O–H groups in total. The van der Waals surface area contributed by atoms with E-state index in [0.29, 0.717) is 12.2 Å². The molecule has 12 heavy (non-hydrogen) atoms. The van der Waals surface area contributed by atoms with E-state index >= 15 is 0 Å². The third kappa shape index (κ3) is 8.98. The first-order valence-corrected chi connectivity index (χ1v) is 4.16. The third-order valence-electron chi connectivity index (χ3n) is 1.12. The van der Waals surface area contributed by atoms with E-state index in [1.807, 2.05) is 26.8 Å². The third-order valence-corrected chi connectivity index (χ3v) is 1.12. The molecule has 0 fully saturated rings. The zero-order valence-electron chi connectivity index (χ0n) is 8.30. The van der Waals surface area contributed by atoms with Crippen LogP contribution in [0.3, 0.4) is 0 Å². The van der Waals surface area contributed by atoms with Gasteiger partial charge in [0.05, 0.1) is 0 Å². The Kier molecular flexibility index (Phi) is 11.3. The highest BCUT2D eigenvalue weighted by molar-refractivity contribution is 5.21. The average Bonchev–Trinajstić information content (AvgIpc) is 2.16. The predicted octanol–water partition coefficient (Wildman–Crippen LogP) is 1.95. The summed E-state index contributed by atoms with van der Waals surface area (Å²) < 4.78 is 0. The van der Waals surface area contributed by atoms with E-state index in [2.05, 4.69) is 6.58 Å². The fourth-order valence-corrected chi connectivity index (χ4v) is 0.375. The zero-order chi connectivity index (χ0) is 9.98. The average molecular weight is 168 g/mol. The van der Waals surface area contributed by atoms with Crippen LogP contribution in [0.4, 0.5) is 0 Å². The second-order valence-corrected chi connectivity index (χ2v) is 2.09. The molecule has 0 bridgehead atoms. The summed E-state index contributed by atoms with van der Waals surface area (Å²) in [6.07, 6.45) is 5.27. The SMILES string of the molecule is C=C/C(N)=C\C=C(/C)CN.CC. The van der Waals surface area contributed by atoms with Gasteiger partial charge in [0.2, 0.25) is 0 Å². The molecule has 0 aromatic heterocycles. The predicted molar refractivity (Wildman–Crippen MR) is 56.6 cm³/mol. The van der Waals surface area contributed by atoms with E-state index in [0.717, 1.165) is 5.57 Å². The van der Waals surface area contributed by atoms with Gasteiger partial charge >= 0.3 is 0 Å². The molecule has 0 atom stereocenters. The molecule has 2 nitrogen and oxygen atoms in total. The molecule has 0 aliphatic heterocycles. The minimum atomic E-state index is 0.570. The van der Waals surface area contributed by atoms with E-state index in [-0.39, 0.29) is 0 Å². The summed E-state index contributed by atoms with van der Waals surface area (Å²) in [4.78, 5) is 0. The highest BCUT2D eigenvalue weighted by atomic mass is 14.5. The first kappa shape index (κ1) is 13.6. The Bertz CT molecular complexity index is 167. The Hall–Kier alpha value is -1.02. The van der Waals surface area contributed by atoms with Gasteiger partial charge in [0.25, 0.3) is 0 Å². The van der Waals surface area contributed by atoms with Crippen molar-refractivity contribution in [3.05, 3.63) is 36.1 Å². The van der Waals surface area contributed by atoms with Crippen molar-refractivity contribution in [2.75, 3.05) is 6.54 Å². The van der Waals surface area contributed by atoms with Crippen molar-refractivity contribution in [2.45, 2.75) is 20.8 Å². The number of nitrogens with two attached hydrogens (primary N) is 2. The minimum Gasteiger partial charge on any atom is -0.399 e. The van der Waals surface area contributed by atoms with Crippen molar-refractivity contribution in [2.24, 2.45) is 11.5 Å². The Labute approximate surface area is 75.6 Å². The van der Waals surface area contributed by atoms with Crippen LogP contribution in [0.15, 0.2) is 36.1 Å². The zero-order valence-corrected chi connectivity index (χ0v) is 8.30. The van der Waals surface area contributed by atoms with Gasteiger partial charge in [-0.15, -0.1) is 0 Å². The molecule has 70 valence electrons. The summed E-state index contributed by atoms with van der Waals surface area (Å²) in [5.41, 5.74) is 12.5. The van der Waals surface area contributed by atoms with Gasteiger partial charge in [-0.3, -0.25) is 0 Å². The van der Waals surface area contributed by atoms with Crippen LogP contribution >= 0.6 is 0 Å². The van der Waals surface area contributed by atoms with E-state index < -0.39 is 0 Å². The molecular weight excluding hydrogens is 148 g/mol. The summed E-state index contributed by atoms with van der Waals surface area (Å²) in [7, 11) is 0. The lowest BCUT2D eigenvalue weighted by molar-refractivity contribution is 1.14. The Morgan fingerprint density at radius 1 is 1.33 bits per heavy atom. The lowest BCUT2D eigenvalue weighted by Crippen LogP contribution is -1.99. The fourth-order valence-electron chi connectivity index (χ4n) is 0.375. The lowest BCUT2D eigenvalue weighted by Gasteiger charge is -1.91. The van der Waals surface area contributed by atoms with Crippen molar-refractivity contribution in [1.82, 2.24) is 0 Å². The number of hydrogen-bond acceptors (Lipinski definition) is 2. The van der Waals surface area contributed by atoms with Gasteiger partial charge in [-0.2, -0.15) is 0 Å². The maximum Gasteiger partial charge on any atom is 0.0308 e. The number of allylic oxidation sites excluding steroid dienone is 3. The topological polar surface area (TPSA) is 52.0 Å². The van der Waals surface area contributed by atoms with Crippen LogP contribution in [0.1, 0.15) is 20.8 Å². The summed E-state index contributed by atoms with van der Waals surface area (Å²) in [6, 6.07) is 0. The van der Waals surface area contributed by atoms with Crippen LogP contribution in [-0.4, -0.2) is 6.54 Å². The van der Waals surface area contributed by atoms with Crippen molar-refractivity contribution < 1.29 is 0 Å². The highest BCUT2D eigenvalue weighted by Crippen LogP contribution is 1.91. The molecule has 0 rings (SSSR count). The second-order valence-electron chi connectivity index (χ2n) is 2.09. The summed E-state index contributed by atoms with van der Waals surface area (Å²) >= 11 is 0. The van der Waals surface area contributed by atoms with Crippen LogP contribution < -0.4 is 11.5 Å². The molecule has 0 aliphatic carbocycles. The van der Waals surface area contributed by atoms with Crippen LogP contribution in [0, 0.1) is 0 Å². The molecule has 0 amide bonds. The van der Waals surface area contributed by atoms with Crippen LogP contribution in [-0.2, 0) is 0 Å². The molecule has 0 aliphatic rings. The summed E-state index contributed by atoms with van der Waals surface area (Å²) in [5, 5.41) is 0. The Morgan fingerprint density at radius 2 is 1.83 bits per heavy atom. The maximum absolute atomic E-state index is 5.43. The van der Waals surface area contributed by atoms with Gasteiger partial charge in [0, 0.05) is 12.2 Å². The van der Waals surface area contributed by atoms with E-state index in [1.54, 1.807) is 12.2 Å². The van der Waals surface area contributed by atoms with Crippen LogP contribution in [0.25, 0.3) is 0 Å². The van der Waals surface area contributed by atoms with E-state index in [1.165, 1.54) is 0 Å². The molecule has 2 heteroatoms.